The SMILES string of the molecule is C#CCC(O)C(N)CC. The van der Waals surface area contributed by atoms with Crippen LogP contribution >= 0.6 is 0 Å². The summed E-state index contributed by atoms with van der Waals surface area (Å²) >= 11 is 0. The average molecular weight is 127 g/mol. The molecule has 2 unspecified atom stereocenters. The second-order valence-corrected chi connectivity index (χ2v) is 2.05. The Bertz CT molecular complexity index is 106. The van der Waals surface area contributed by atoms with Gasteiger partial charge in [0, 0.05) is 12.5 Å². The Kier molecular flexibility index (Phi) is 4.12. The third kappa shape index (κ3) is 3.12. The molecule has 0 fully saturated rings. The molecule has 0 spiro atoms. The Morgan fingerprint density at radius 2 is 2.33 bits per heavy atom. The highest BCUT2D eigenvalue weighted by atomic mass is 16.3. The third-order valence-corrected chi connectivity index (χ3v) is 1.29. The molecule has 0 rings (SSSR count). The zero-order valence-electron chi connectivity index (χ0n) is 5.67. The largest absolute Gasteiger partial charge is 0.391 e. The van der Waals surface area contributed by atoms with E-state index in [0.717, 1.165) is 6.42 Å². The predicted octanol–water partition coefficient (Wildman–Crippen LogP) is 0.108. The Morgan fingerprint density at radius 3 is 2.67 bits per heavy atom. The van der Waals surface area contributed by atoms with Gasteiger partial charge in [0.1, 0.15) is 0 Å². The number of terminal acetylenes is 1. The molecule has 52 valence electrons. The van der Waals surface area contributed by atoms with E-state index in [1.54, 1.807) is 0 Å². The molecule has 2 heteroatoms. The summed E-state index contributed by atoms with van der Waals surface area (Å²) in [5.41, 5.74) is 5.46. The zero-order valence-corrected chi connectivity index (χ0v) is 5.67. The van der Waals surface area contributed by atoms with Gasteiger partial charge in [-0.25, -0.2) is 0 Å². The second-order valence-electron chi connectivity index (χ2n) is 2.05. The molecule has 0 amide bonds. The molecule has 3 N–H and O–H groups in total. The highest BCUT2D eigenvalue weighted by molar-refractivity contribution is 4.89. The van der Waals surface area contributed by atoms with E-state index in [4.69, 9.17) is 17.3 Å². The van der Waals surface area contributed by atoms with E-state index in [2.05, 4.69) is 5.92 Å². The molecule has 0 radical (unpaired) electrons. The fraction of sp³-hybridized carbons (Fsp3) is 0.714. The number of nitrogens with two attached hydrogens (primary N) is 1. The van der Waals surface area contributed by atoms with Crippen molar-refractivity contribution in [1.29, 1.82) is 0 Å². The van der Waals surface area contributed by atoms with Crippen molar-refractivity contribution in [3.05, 3.63) is 0 Å². The third-order valence-electron chi connectivity index (χ3n) is 1.29. The Morgan fingerprint density at radius 1 is 1.78 bits per heavy atom. The van der Waals surface area contributed by atoms with Crippen LogP contribution in [-0.4, -0.2) is 17.3 Å². The minimum Gasteiger partial charge on any atom is -0.391 e. The van der Waals surface area contributed by atoms with Crippen LogP contribution in [0.15, 0.2) is 0 Å². The molecule has 2 nitrogen and oxygen atoms in total. The molecule has 0 heterocycles. The van der Waals surface area contributed by atoms with Gasteiger partial charge in [0.25, 0.3) is 0 Å². The van der Waals surface area contributed by atoms with E-state index >= 15 is 0 Å². The van der Waals surface area contributed by atoms with Crippen LogP contribution in [0.2, 0.25) is 0 Å². The number of rotatable bonds is 3. The average Bonchev–Trinajstić information content (AvgIpc) is 1.87. The fourth-order valence-electron chi connectivity index (χ4n) is 0.544. The lowest BCUT2D eigenvalue weighted by atomic mass is 10.1. The normalized spacial score (nSPS) is 16.2. The monoisotopic (exact) mass is 127 g/mol. The lowest BCUT2D eigenvalue weighted by Crippen LogP contribution is -2.33. The summed E-state index contributed by atoms with van der Waals surface area (Å²) in [5.74, 6) is 2.35. The van der Waals surface area contributed by atoms with E-state index in [1.165, 1.54) is 0 Å². The maximum absolute atomic E-state index is 9.05. The Labute approximate surface area is 56.1 Å². The first-order valence-corrected chi connectivity index (χ1v) is 3.09. The van der Waals surface area contributed by atoms with E-state index in [-0.39, 0.29) is 6.04 Å². The Balaban J connectivity index is 3.48. The van der Waals surface area contributed by atoms with Gasteiger partial charge in [0.2, 0.25) is 0 Å². The first-order chi connectivity index (χ1) is 4.22. The summed E-state index contributed by atoms with van der Waals surface area (Å²) in [7, 11) is 0. The van der Waals surface area contributed by atoms with Gasteiger partial charge in [0.05, 0.1) is 6.10 Å². The van der Waals surface area contributed by atoms with Crippen molar-refractivity contribution in [2.45, 2.75) is 31.9 Å². The van der Waals surface area contributed by atoms with Crippen molar-refractivity contribution < 1.29 is 5.11 Å². The minimum atomic E-state index is -0.528. The lowest BCUT2D eigenvalue weighted by Gasteiger charge is -2.13. The topological polar surface area (TPSA) is 46.2 Å². The fourth-order valence-corrected chi connectivity index (χ4v) is 0.544. The molecule has 0 aliphatic heterocycles. The maximum atomic E-state index is 9.05. The van der Waals surface area contributed by atoms with Gasteiger partial charge in [-0.15, -0.1) is 12.3 Å². The molecule has 0 aromatic carbocycles. The van der Waals surface area contributed by atoms with Crippen LogP contribution in [0.4, 0.5) is 0 Å². The molecule has 0 aliphatic rings. The molecule has 0 bridgehead atoms. The van der Waals surface area contributed by atoms with Crippen LogP contribution < -0.4 is 5.73 Å². The molecule has 0 saturated carbocycles. The van der Waals surface area contributed by atoms with Gasteiger partial charge in [0.15, 0.2) is 0 Å². The van der Waals surface area contributed by atoms with Gasteiger partial charge < -0.3 is 10.8 Å². The maximum Gasteiger partial charge on any atom is 0.0799 e. The summed E-state index contributed by atoms with van der Waals surface area (Å²) in [4.78, 5) is 0. The van der Waals surface area contributed by atoms with Crippen molar-refractivity contribution in [2.24, 2.45) is 5.73 Å². The van der Waals surface area contributed by atoms with Crippen LogP contribution in [0.3, 0.4) is 0 Å². The molecule has 0 aromatic heterocycles. The standard InChI is InChI=1S/C7H13NO/c1-3-5-7(9)6(8)4-2/h1,6-7,9H,4-5,8H2,2H3. The van der Waals surface area contributed by atoms with Crippen LogP contribution in [0.25, 0.3) is 0 Å². The molecular weight excluding hydrogens is 114 g/mol. The molecule has 0 saturated heterocycles. The van der Waals surface area contributed by atoms with Crippen LogP contribution in [-0.2, 0) is 0 Å². The van der Waals surface area contributed by atoms with Crippen molar-refractivity contribution in [1.82, 2.24) is 0 Å². The molecule has 0 aliphatic carbocycles. The summed E-state index contributed by atoms with van der Waals surface area (Å²) in [6, 6.07) is -0.166. The second kappa shape index (κ2) is 4.37. The number of hydrogen-bond donors (Lipinski definition) is 2. The van der Waals surface area contributed by atoms with Crippen molar-refractivity contribution in [2.75, 3.05) is 0 Å². The molecule has 0 aromatic rings. The van der Waals surface area contributed by atoms with Crippen LogP contribution in [0.1, 0.15) is 19.8 Å². The van der Waals surface area contributed by atoms with E-state index in [1.807, 2.05) is 6.92 Å². The van der Waals surface area contributed by atoms with Crippen LogP contribution in [0.5, 0.6) is 0 Å². The number of aliphatic hydroxyl groups is 1. The first-order valence-electron chi connectivity index (χ1n) is 3.09. The van der Waals surface area contributed by atoms with E-state index in [0.29, 0.717) is 6.42 Å². The number of aliphatic hydroxyl groups excluding tert-OH is 1. The molecular formula is C7H13NO. The molecule has 2 atom stereocenters. The smallest absolute Gasteiger partial charge is 0.0799 e. The van der Waals surface area contributed by atoms with Gasteiger partial charge in [-0.2, -0.15) is 0 Å². The van der Waals surface area contributed by atoms with Crippen molar-refractivity contribution in [3.8, 4) is 12.3 Å². The summed E-state index contributed by atoms with van der Waals surface area (Å²) in [6.07, 6.45) is 5.55. The van der Waals surface area contributed by atoms with E-state index < -0.39 is 6.10 Å². The number of hydrogen-bond acceptors (Lipinski definition) is 2. The lowest BCUT2D eigenvalue weighted by molar-refractivity contribution is 0.147. The van der Waals surface area contributed by atoms with Gasteiger partial charge >= 0.3 is 0 Å². The predicted molar refractivity (Wildman–Crippen MR) is 37.7 cm³/mol. The van der Waals surface area contributed by atoms with Crippen molar-refractivity contribution >= 4 is 0 Å². The minimum absolute atomic E-state index is 0.166. The van der Waals surface area contributed by atoms with Gasteiger partial charge in [-0.1, -0.05) is 6.92 Å². The first kappa shape index (κ1) is 8.48. The quantitative estimate of drug-likeness (QED) is 0.528. The van der Waals surface area contributed by atoms with Crippen LogP contribution in [0, 0.1) is 12.3 Å². The highest BCUT2D eigenvalue weighted by Gasteiger charge is 2.09. The molecule has 9 heavy (non-hydrogen) atoms. The van der Waals surface area contributed by atoms with Crippen molar-refractivity contribution in [3.63, 3.8) is 0 Å². The van der Waals surface area contributed by atoms with E-state index in [9.17, 15) is 0 Å². The van der Waals surface area contributed by atoms with Gasteiger partial charge in [-0.05, 0) is 6.42 Å². The summed E-state index contributed by atoms with van der Waals surface area (Å²) in [6.45, 7) is 1.92. The highest BCUT2D eigenvalue weighted by Crippen LogP contribution is 1.97. The summed E-state index contributed by atoms with van der Waals surface area (Å²) < 4.78 is 0. The van der Waals surface area contributed by atoms with Gasteiger partial charge in [-0.3, -0.25) is 0 Å². The zero-order chi connectivity index (χ0) is 7.28. The Hall–Kier alpha value is -0.520. The summed E-state index contributed by atoms with van der Waals surface area (Å²) in [5, 5.41) is 9.05.